The lowest BCUT2D eigenvalue weighted by molar-refractivity contribution is -0.136. The van der Waals surface area contributed by atoms with Crippen molar-refractivity contribution >= 4 is 40.6 Å². The largest absolute Gasteiger partial charge is 0.369 e. The molecule has 0 N–H and O–H groups in total. The van der Waals surface area contributed by atoms with Gasteiger partial charge >= 0.3 is 0 Å². The summed E-state index contributed by atoms with van der Waals surface area (Å²) in [6.07, 6.45) is 7.82. The van der Waals surface area contributed by atoms with E-state index < -0.39 is 11.1 Å². The average Bonchev–Trinajstić information content (AvgIpc) is 3.02. The minimum Gasteiger partial charge on any atom is -0.369 e. The molecule has 3 fully saturated rings. The van der Waals surface area contributed by atoms with Crippen molar-refractivity contribution in [3.63, 3.8) is 0 Å². The maximum absolute atomic E-state index is 14.6. The first kappa shape index (κ1) is 20.9. The third-order valence-corrected chi connectivity index (χ3v) is 6.75. The van der Waals surface area contributed by atoms with Crippen LogP contribution in [0.5, 0.6) is 0 Å². The van der Waals surface area contributed by atoms with Crippen LogP contribution in [0, 0.1) is 5.82 Å². The molecule has 3 aliphatic rings. The lowest BCUT2D eigenvalue weighted by Gasteiger charge is -2.29. The van der Waals surface area contributed by atoms with E-state index in [1.807, 2.05) is 4.90 Å². The second-order valence-corrected chi connectivity index (χ2v) is 8.96. The summed E-state index contributed by atoms with van der Waals surface area (Å²) in [6, 6.07) is 4.90. The molecule has 0 radical (unpaired) electrons. The van der Waals surface area contributed by atoms with Gasteiger partial charge in [-0.25, -0.2) is 4.39 Å². The van der Waals surface area contributed by atoms with Crippen LogP contribution in [0.2, 0.25) is 0 Å². The van der Waals surface area contributed by atoms with E-state index >= 15 is 0 Å². The minimum absolute atomic E-state index is 0.199. The maximum atomic E-state index is 14.6. The number of rotatable bonds is 4. The Morgan fingerprint density at radius 1 is 1.00 bits per heavy atom. The zero-order chi connectivity index (χ0) is 21.1. The van der Waals surface area contributed by atoms with Gasteiger partial charge < -0.3 is 9.80 Å². The van der Waals surface area contributed by atoms with E-state index in [1.165, 1.54) is 18.6 Å². The minimum atomic E-state index is -0.490. The van der Waals surface area contributed by atoms with E-state index in [0.717, 1.165) is 61.9 Å². The molecular weight excluding hydrogens is 405 g/mol. The number of thioether (sulfide) groups is 1. The third-order valence-electron chi connectivity index (χ3n) is 5.84. The number of hydrogen-bond donors (Lipinski definition) is 0. The number of amides is 3. The Morgan fingerprint density at radius 2 is 1.67 bits per heavy atom. The molecule has 0 aromatic heterocycles. The summed E-state index contributed by atoms with van der Waals surface area (Å²) in [7, 11) is 0. The van der Waals surface area contributed by atoms with Gasteiger partial charge in [-0.05, 0) is 74.1 Å². The molecule has 3 saturated heterocycles. The first-order valence-corrected chi connectivity index (χ1v) is 11.4. The van der Waals surface area contributed by atoms with Crippen LogP contribution in [0.15, 0.2) is 23.1 Å². The lowest BCUT2D eigenvalue weighted by Crippen LogP contribution is -2.44. The summed E-state index contributed by atoms with van der Waals surface area (Å²) in [6.45, 7) is 2.81. The van der Waals surface area contributed by atoms with Crippen molar-refractivity contribution in [1.29, 1.82) is 0 Å². The first-order valence-electron chi connectivity index (χ1n) is 10.6. The number of hydrogen-bond acceptors (Lipinski definition) is 5. The normalized spacial score (nSPS) is 21.6. The molecule has 3 aliphatic heterocycles. The lowest BCUT2D eigenvalue weighted by atomic mass is 10.1. The summed E-state index contributed by atoms with van der Waals surface area (Å²) in [5.41, 5.74) is 1.10. The fourth-order valence-electron chi connectivity index (χ4n) is 4.17. The van der Waals surface area contributed by atoms with Crippen LogP contribution in [0.25, 0.3) is 6.08 Å². The Balaban J connectivity index is 1.45. The van der Waals surface area contributed by atoms with E-state index in [1.54, 1.807) is 17.0 Å². The van der Waals surface area contributed by atoms with Crippen LogP contribution in [0.3, 0.4) is 0 Å². The van der Waals surface area contributed by atoms with Crippen LogP contribution in [-0.2, 0) is 9.59 Å². The van der Waals surface area contributed by atoms with Crippen molar-refractivity contribution in [1.82, 2.24) is 9.80 Å². The molecule has 160 valence electrons. The summed E-state index contributed by atoms with van der Waals surface area (Å²) in [5.74, 6) is -1.02. The summed E-state index contributed by atoms with van der Waals surface area (Å²) < 4.78 is 14.6. The Bertz CT molecular complexity index is 876. The molecule has 1 aromatic carbocycles. The van der Waals surface area contributed by atoms with Crippen LogP contribution >= 0.6 is 11.8 Å². The van der Waals surface area contributed by atoms with Crippen LogP contribution in [0.4, 0.5) is 14.9 Å². The second-order valence-electron chi connectivity index (χ2n) is 7.97. The molecule has 3 amide bonds. The monoisotopic (exact) mass is 431 g/mol. The highest BCUT2D eigenvalue weighted by Crippen LogP contribution is 2.33. The number of halogens is 1. The Hall–Kier alpha value is -2.35. The number of likely N-dealkylation sites (tertiary alicyclic amines) is 1. The van der Waals surface area contributed by atoms with Crippen LogP contribution in [0.1, 0.15) is 44.1 Å². The molecule has 1 aromatic rings. The third kappa shape index (κ3) is 4.53. The van der Waals surface area contributed by atoms with E-state index in [4.69, 9.17) is 0 Å². The molecular formula is C22H26FN3O3S. The highest BCUT2D eigenvalue weighted by molar-refractivity contribution is 8.18. The van der Waals surface area contributed by atoms with Crippen molar-refractivity contribution in [3.8, 4) is 0 Å². The number of carbonyl (C=O) groups is 3. The highest BCUT2D eigenvalue weighted by Gasteiger charge is 2.37. The van der Waals surface area contributed by atoms with Gasteiger partial charge in [0.05, 0.1) is 10.6 Å². The van der Waals surface area contributed by atoms with Gasteiger partial charge in [-0.15, -0.1) is 0 Å². The molecule has 8 heteroatoms. The quantitative estimate of drug-likeness (QED) is 0.678. The van der Waals surface area contributed by atoms with E-state index in [2.05, 4.69) is 0 Å². The van der Waals surface area contributed by atoms with Crippen LogP contribution in [-0.4, -0.2) is 59.6 Å². The SMILES string of the molecule is O=C(CN1C(=O)S/C(=C\c2ccc(N3CCCCC3)c(F)c2)C1=O)N1CCCCC1. The second kappa shape index (κ2) is 9.20. The fourth-order valence-corrected chi connectivity index (χ4v) is 5.01. The standard InChI is InChI=1S/C22H26FN3O3S/c23-17-13-16(7-8-18(17)24-9-3-1-4-10-24)14-19-21(28)26(22(29)30-19)15-20(27)25-11-5-2-6-12-25/h7-8,13-14H,1-6,9-12,15H2/b19-14-. The zero-order valence-electron chi connectivity index (χ0n) is 16.9. The molecule has 30 heavy (non-hydrogen) atoms. The predicted octanol–water partition coefficient (Wildman–Crippen LogP) is 3.86. The van der Waals surface area contributed by atoms with Crippen molar-refractivity contribution in [2.45, 2.75) is 38.5 Å². The molecule has 0 atom stereocenters. The number of imide groups is 1. The molecule has 0 saturated carbocycles. The molecule has 3 heterocycles. The van der Waals surface area contributed by atoms with Crippen molar-refractivity contribution in [2.75, 3.05) is 37.6 Å². The molecule has 0 spiro atoms. The van der Waals surface area contributed by atoms with Gasteiger partial charge in [0.2, 0.25) is 5.91 Å². The molecule has 0 aliphatic carbocycles. The van der Waals surface area contributed by atoms with Crippen LogP contribution < -0.4 is 4.90 Å². The molecule has 0 unspecified atom stereocenters. The van der Waals surface area contributed by atoms with Gasteiger partial charge in [0.15, 0.2) is 0 Å². The topological polar surface area (TPSA) is 60.9 Å². The van der Waals surface area contributed by atoms with Crippen molar-refractivity contribution in [2.24, 2.45) is 0 Å². The van der Waals surface area contributed by atoms with Gasteiger partial charge in [0, 0.05) is 26.2 Å². The summed E-state index contributed by atoms with van der Waals surface area (Å²) >= 11 is 0.798. The highest BCUT2D eigenvalue weighted by atomic mass is 32.2. The summed E-state index contributed by atoms with van der Waals surface area (Å²) in [4.78, 5) is 42.4. The van der Waals surface area contributed by atoms with Crippen molar-refractivity contribution in [3.05, 3.63) is 34.5 Å². The number of anilines is 1. The fraction of sp³-hybridized carbons (Fsp3) is 0.500. The van der Waals surface area contributed by atoms with Gasteiger partial charge in [-0.3, -0.25) is 19.3 Å². The van der Waals surface area contributed by atoms with Gasteiger partial charge in [0.1, 0.15) is 12.4 Å². The molecule has 6 nitrogen and oxygen atoms in total. The van der Waals surface area contributed by atoms with E-state index in [9.17, 15) is 18.8 Å². The Labute approximate surface area is 180 Å². The first-order chi connectivity index (χ1) is 14.5. The molecule has 0 bridgehead atoms. The number of carbonyl (C=O) groups excluding carboxylic acids is 3. The van der Waals surface area contributed by atoms with Gasteiger partial charge in [0.25, 0.3) is 11.1 Å². The van der Waals surface area contributed by atoms with Gasteiger partial charge in [-0.1, -0.05) is 6.07 Å². The number of nitrogens with zero attached hydrogens (tertiary/aromatic N) is 3. The van der Waals surface area contributed by atoms with Crippen molar-refractivity contribution < 1.29 is 18.8 Å². The predicted molar refractivity (Wildman–Crippen MR) is 116 cm³/mol. The van der Waals surface area contributed by atoms with E-state index in [0.29, 0.717) is 24.3 Å². The van der Waals surface area contributed by atoms with Gasteiger partial charge in [-0.2, -0.15) is 0 Å². The maximum Gasteiger partial charge on any atom is 0.294 e. The average molecular weight is 432 g/mol. The summed E-state index contributed by atoms with van der Waals surface area (Å²) in [5, 5.41) is -0.456. The van der Waals surface area contributed by atoms with E-state index in [-0.39, 0.29) is 23.2 Å². The molecule has 4 rings (SSSR count). The Morgan fingerprint density at radius 3 is 2.33 bits per heavy atom. The smallest absolute Gasteiger partial charge is 0.294 e. The number of piperidine rings is 2. The number of benzene rings is 1. The zero-order valence-corrected chi connectivity index (χ0v) is 17.8. The Kier molecular flexibility index (Phi) is 6.41.